The number of fused-ring (bicyclic) bond motifs is 2. The number of carbonyl (C=O) groups excluding carboxylic acids is 1. The van der Waals surface area contributed by atoms with E-state index < -0.39 is 21.0 Å². The molecule has 0 spiro atoms. The molecule has 240 valence electrons. The molecule has 1 aliphatic rings. The predicted molar refractivity (Wildman–Crippen MR) is 179 cm³/mol. The van der Waals surface area contributed by atoms with Gasteiger partial charge in [0, 0.05) is 52.5 Å². The third kappa shape index (κ3) is 6.36. The Bertz CT molecular complexity index is 2240. The lowest BCUT2D eigenvalue weighted by Crippen LogP contribution is -2.20. The summed E-state index contributed by atoms with van der Waals surface area (Å²) in [5, 5.41) is 10.7. The molecule has 6 aromatic rings. The Morgan fingerprint density at radius 2 is 1.79 bits per heavy atom. The van der Waals surface area contributed by atoms with Crippen LogP contribution in [0.2, 0.25) is 0 Å². The van der Waals surface area contributed by atoms with Gasteiger partial charge >= 0.3 is 0 Å². The van der Waals surface area contributed by atoms with Gasteiger partial charge in [-0.05, 0) is 66.8 Å². The summed E-state index contributed by atoms with van der Waals surface area (Å²) in [5.41, 5.74) is 11.7. The van der Waals surface area contributed by atoms with Crippen LogP contribution < -0.4 is 11.1 Å². The highest BCUT2D eigenvalue weighted by molar-refractivity contribution is 7.90. The highest BCUT2D eigenvalue weighted by Crippen LogP contribution is 2.35. The second-order valence-corrected chi connectivity index (χ2v) is 14.4. The number of H-pyrrole nitrogens is 2. The summed E-state index contributed by atoms with van der Waals surface area (Å²) in [6.45, 7) is 0. The normalized spacial score (nSPS) is 14.9. The van der Waals surface area contributed by atoms with Crippen molar-refractivity contribution >= 4 is 43.2 Å². The molecule has 0 saturated heterocycles. The molecule has 1 aliphatic carbocycles. The smallest absolute Gasteiger partial charge is 0.224 e. The highest BCUT2D eigenvalue weighted by atomic mass is 32.2. The number of hydrogen-bond acceptors (Lipinski definition) is 8. The lowest BCUT2D eigenvalue weighted by molar-refractivity contribution is -0.117. The van der Waals surface area contributed by atoms with Gasteiger partial charge in [-0.1, -0.05) is 19.3 Å². The second kappa shape index (κ2) is 12.3. The number of carbonyl (C=O) groups is 1. The van der Waals surface area contributed by atoms with Gasteiger partial charge in [-0.2, -0.15) is 5.10 Å². The quantitative estimate of drug-likeness (QED) is 0.149. The van der Waals surface area contributed by atoms with Crippen LogP contribution in [0, 0.1) is 11.7 Å². The summed E-state index contributed by atoms with van der Waals surface area (Å²) in [6.07, 6.45) is 14.0. The molecule has 1 amide bonds. The van der Waals surface area contributed by atoms with Crippen molar-refractivity contribution in [2.45, 2.75) is 43.9 Å². The van der Waals surface area contributed by atoms with E-state index in [0.29, 0.717) is 51.8 Å². The van der Waals surface area contributed by atoms with Crippen molar-refractivity contribution < 1.29 is 17.6 Å². The molecule has 47 heavy (non-hydrogen) atoms. The monoisotopic (exact) mass is 652 g/mol. The molecule has 0 aliphatic heterocycles. The molecular formula is C34H33FN8O3S. The molecule has 11 nitrogen and oxygen atoms in total. The van der Waals surface area contributed by atoms with Crippen LogP contribution in [0.15, 0.2) is 67.3 Å². The van der Waals surface area contributed by atoms with Gasteiger partial charge in [0.2, 0.25) is 5.91 Å². The largest absolute Gasteiger partial charge is 0.353 e. The molecular weight excluding hydrogens is 619 g/mol. The van der Waals surface area contributed by atoms with Crippen LogP contribution in [0.25, 0.3) is 55.7 Å². The van der Waals surface area contributed by atoms with E-state index in [2.05, 4.69) is 35.5 Å². The van der Waals surface area contributed by atoms with E-state index >= 15 is 0 Å². The van der Waals surface area contributed by atoms with Crippen molar-refractivity contribution in [1.29, 1.82) is 0 Å². The Kier molecular flexibility index (Phi) is 8.02. The van der Waals surface area contributed by atoms with E-state index in [4.69, 9.17) is 5.73 Å². The van der Waals surface area contributed by atoms with Crippen LogP contribution in [0.1, 0.15) is 49.5 Å². The van der Waals surface area contributed by atoms with E-state index in [1.807, 2.05) is 18.2 Å². The second-order valence-electron chi connectivity index (χ2n) is 12.2. The molecule has 7 rings (SSSR count). The molecule has 1 fully saturated rings. The molecule has 1 atom stereocenters. The number of aromatic nitrogens is 6. The summed E-state index contributed by atoms with van der Waals surface area (Å²) in [4.78, 5) is 29.6. The number of aromatic amines is 2. The minimum atomic E-state index is -3.65. The minimum absolute atomic E-state index is 0.00300. The standard InChI is InChI=1S/C34H33FN8O3S/c1-47(45,46)34(36)21-10-20(11-23(35)12-21)32-25-15-29(41-27(25)7-8-38-32)33-26-14-28(39-18-30(26)42-43-33)22-13-24(17-37-16-22)40-31(44)9-19-5-3-2-4-6-19/h7-8,10-19,34,41H,2-6,9,36H2,1H3,(H,40,44)(H,42,43). The third-order valence-electron chi connectivity index (χ3n) is 8.75. The Balaban J connectivity index is 1.20. The Morgan fingerprint density at radius 3 is 2.60 bits per heavy atom. The van der Waals surface area contributed by atoms with Crippen LogP contribution in [0.3, 0.4) is 0 Å². The topological polar surface area (TPSA) is 172 Å². The first-order chi connectivity index (χ1) is 22.6. The van der Waals surface area contributed by atoms with E-state index in [9.17, 15) is 17.6 Å². The number of pyridine rings is 3. The summed E-state index contributed by atoms with van der Waals surface area (Å²) in [5.74, 6) is -0.187. The predicted octanol–water partition coefficient (Wildman–Crippen LogP) is 6.28. The molecule has 13 heteroatoms. The number of benzene rings is 1. The fraction of sp³-hybridized carbons (Fsp3) is 0.265. The van der Waals surface area contributed by atoms with Crippen molar-refractivity contribution in [1.82, 2.24) is 30.1 Å². The van der Waals surface area contributed by atoms with Crippen LogP contribution in [0.5, 0.6) is 0 Å². The van der Waals surface area contributed by atoms with Crippen molar-refractivity contribution in [3.8, 4) is 33.9 Å². The van der Waals surface area contributed by atoms with Gasteiger partial charge in [0.25, 0.3) is 0 Å². The number of anilines is 1. The maximum absolute atomic E-state index is 14.7. The van der Waals surface area contributed by atoms with Gasteiger partial charge in [0.05, 0.1) is 40.7 Å². The van der Waals surface area contributed by atoms with Crippen LogP contribution in [-0.4, -0.2) is 50.7 Å². The van der Waals surface area contributed by atoms with Gasteiger partial charge in [0.1, 0.15) is 16.9 Å². The van der Waals surface area contributed by atoms with Crippen molar-refractivity contribution in [2.75, 3.05) is 11.6 Å². The maximum Gasteiger partial charge on any atom is 0.224 e. The molecule has 5 aromatic heterocycles. The molecule has 0 bridgehead atoms. The van der Waals surface area contributed by atoms with Crippen molar-refractivity contribution in [3.05, 3.63) is 78.6 Å². The van der Waals surface area contributed by atoms with Crippen molar-refractivity contribution in [3.63, 3.8) is 0 Å². The fourth-order valence-electron chi connectivity index (χ4n) is 6.37. The van der Waals surface area contributed by atoms with E-state index in [1.165, 1.54) is 25.3 Å². The van der Waals surface area contributed by atoms with Gasteiger partial charge in [0.15, 0.2) is 9.84 Å². The Labute approximate surface area is 270 Å². The minimum Gasteiger partial charge on any atom is -0.353 e. The van der Waals surface area contributed by atoms with Crippen molar-refractivity contribution in [2.24, 2.45) is 11.7 Å². The number of nitrogens with two attached hydrogens (primary N) is 1. The molecule has 1 saturated carbocycles. The third-order valence-corrected chi connectivity index (χ3v) is 9.95. The summed E-state index contributed by atoms with van der Waals surface area (Å²) in [7, 11) is -3.65. The molecule has 0 radical (unpaired) electrons. The van der Waals surface area contributed by atoms with Gasteiger partial charge in [-0.25, -0.2) is 12.8 Å². The zero-order valence-electron chi connectivity index (χ0n) is 25.6. The zero-order valence-corrected chi connectivity index (χ0v) is 26.4. The van der Waals surface area contributed by atoms with E-state index in [1.54, 1.807) is 36.9 Å². The molecule has 5 heterocycles. The number of nitrogens with one attached hydrogen (secondary N) is 3. The summed E-state index contributed by atoms with van der Waals surface area (Å²) < 4.78 is 38.9. The summed E-state index contributed by atoms with van der Waals surface area (Å²) >= 11 is 0. The van der Waals surface area contributed by atoms with Crippen LogP contribution in [0.4, 0.5) is 10.1 Å². The average molecular weight is 653 g/mol. The average Bonchev–Trinajstić information content (AvgIpc) is 3.68. The molecule has 5 N–H and O–H groups in total. The number of amides is 1. The van der Waals surface area contributed by atoms with E-state index in [0.717, 1.165) is 47.1 Å². The number of halogens is 1. The Morgan fingerprint density at radius 1 is 0.979 bits per heavy atom. The first-order valence-corrected chi connectivity index (χ1v) is 17.4. The fourth-order valence-corrected chi connectivity index (χ4v) is 7.00. The number of rotatable bonds is 8. The summed E-state index contributed by atoms with van der Waals surface area (Å²) in [6, 6.07) is 11.4. The van der Waals surface area contributed by atoms with Gasteiger partial charge in [-0.15, -0.1) is 0 Å². The first-order valence-electron chi connectivity index (χ1n) is 15.5. The number of hydrogen-bond donors (Lipinski definition) is 4. The Hall–Kier alpha value is -5.01. The SMILES string of the molecule is CS(=O)(=O)C(N)c1cc(F)cc(-c2nccc3[nH]c(-c4n[nH]c5cnc(-c6cncc(NC(=O)CC7CCCCC7)c6)cc45)cc23)c1. The first kappa shape index (κ1) is 30.6. The van der Waals surface area contributed by atoms with Gasteiger partial charge in [-0.3, -0.25) is 24.8 Å². The zero-order chi connectivity index (χ0) is 32.7. The van der Waals surface area contributed by atoms with Crippen LogP contribution in [-0.2, 0) is 14.6 Å². The van der Waals surface area contributed by atoms with Crippen LogP contribution >= 0.6 is 0 Å². The maximum atomic E-state index is 14.7. The van der Waals surface area contributed by atoms with E-state index in [-0.39, 0.29) is 11.5 Å². The lowest BCUT2D eigenvalue weighted by atomic mass is 9.87. The molecule has 1 aromatic carbocycles. The number of nitrogens with zero attached hydrogens (tertiary/aromatic N) is 4. The highest BCUT2D eigenvalue weighted by Gasteiger charge is 2.22. The number of sulfone groups is 1. The lowest BCUT2D eigenvalue weighted by Gasteiger charge is -2.20. The molecule has 1 unspecified atom stereocenters. The van der Waals surface area contributed by atoms with Gasteiger partial charge < -0.3 is 16.0 Å².